The number of amides is 1. The van der Waals surface area contributed by atoms with Crippen molar-refractivity contribution in [3.05, 3.63) is 34.9 Å². The highest BCUT2D eigenvalue weighted by atomic mass is 35.5. The molecule has 6 nitrogen and oxygen atoms in total. The summed E-state index contributed by atoms with van der Waals surface area (Å²) < 4.78 is 5.11. The first-order valence-electron chi connectivity index (χ1n) is 10.7. The summed E-state index contributed by atoms with van der Waals surface area (Å²) in [6.07, 6.45) is 3.87. The van der Waals surface area contributed by atoms with E-state index in [1.54, 1.807) is 0 Å². The van der Waals surface area contributed by atoms with Crippen molar-refractivity contribution in [2.45, 2.75) is 38.6 Å². The number of hydrogen-bond acceptors (Lipinski definition) is 5. The molecule has 7 heteroatoms. The molecular formula is C22H32ClN3O3. The van der Waals surface area contributed by atoms with Gasteiger partial charge in [0.1, 0.15) is 0 Å². The second kappa shape index (κ2) is 11.0. The van der Waals surface area contributed by atoms with Crippen molar-refractivity contribution in [1.82, 2.24) is 15.1 Å². The fourth-order valence-electron chi connectivity index (χ4n) is 4.29. The molecule has 2 aliphatic rings. The van der Waals surface area contributed by atoms with Gasteiger partial charge in [0.15, 0.2) is 0 Å². The van der Waals surface area contributed by atoms with Gasteiger partial charge in [0.2, 0.25) is 5.91 Å². The van der Waals surface area contributed by atoms with Gasteiger partial charge in [-0.15, -0.1) is 0 Å². The van der Waals surface area contributed by atoms with Gasteiger partial charge in [-0.25, -0.2) is 0 Å². The van der Waals surface area contributed by atoms with Crippen molar-refractivity contribution in [1.29, 1.82) is 0 Å². The van der Waals surface area contributed by atoms with Crippen molar-refractivity contribution in [3.8, 4) is 0 Å². The second-order valence-corrected chi connectivity index (χ2v) is 8.29. The lowest BCUT2D eigenvalue weighted by molar-refractivity contribution is -0.149. The van der Waals surface area contributed by atoms with E-state index in [4.69, 9.17) is 16.3 Å². The minimum absolute atomic E-state index is 0.0239. The highest BCUT2D eigenvalue weighted by Gasteiger charge is 2.28. The standard InChI is InChI=1S/C22H32ClN3O3/c1-2-29-22(28)17-9-13-25(14-10-17)16-21(27)24-15-20(26-11-5-6-12-26)18-7-3-4-8-19(18)23/h3-4,7-8,17,20H,2,5-6,9-16H2,1H3,(H,24,27). The molecule has 2 saturated heterocycles. The van der Waals surface area contributed by atoms with Gasteiger partial charge in [-0.05, 0) is 70.4 Å². The maximum atomic E-state index is 12.6. The molecule has 0 saturated carbocycles. The van der Waals surface area contributed by atoms with Crippen LogP contribution in [0.1, 0.15) is 44.2 Å². The summed E-state index contributed by atoms with van der Waals surface area (Å²) in [5.41, 5.74) is 1.08. The zero-order valence-corrected chi connectivity index (χ0v) is 18.0. The average Bonchev–Trinajstić information content (AvgIpc) is 3.25. The van der Waals surface area contributed by atoms with E-state index in [1.165, 1.54) is 12.8 Å². The lowest BCUT2D eigenvalue weighted by atomic mass is 9.97. The van der Waals surface area contributed by atoms with Crippen LogP contribution in [0.15, 0.2) is 24.3 Å². The molecule has 1 amide bonds. The van der Waals surface area contributed by atoms with Crippen molar-refractivity contribution in [2.24, 2.45) is 5.92 Å². The van der Waals surface area contributed by atoms with Gasteiger partial charge in [-0.2, -0.15) is 0 Å². The molecule has 2 aliphatic heterocycles. The summed E-state index contributed by atoms with van der Waals surface area (Å²) in [6, 6.07) is 8.00. The van der Waals surface area contributed by atoms with Gasteiger partial charge in [-0.1, -0.05) is 29.8 Å². The van der Waals surface area contributed by atoms with Gasteiger partial charge < -0.3 is 10.1 Å². The van der Waals surface area contributed by atoms with Crippen LogP contribution in [0.4, 0.5) is 0 Å². The first kappa shape index (κ1) is 22.1. The highest BCUT2D eigenvalue weighted by molar-refractivity contribution is 6.31. The van der Waals surface area contributed by atoms with Crippen LogP contribution in [0.5, 0.6) is 0 Å². The Morgan fingerprint density at radius 2 is 1.86 bits per heavy atom. The molecule has 160 valence electrons. The monoisotopic (exact) mass is 421 g/mol. The number of likely N-dealkylation sites (tertiary alicyclic amines) is 2. The van der Waals surface area contributed by atoms with Crippen LogP contribution >= 0.6 is 11.6 Å². The number of benzene rings is 1. The molecule has 29 heavy (non-hydrogen) atoms. The number of nitrogens with one attached hydrogen (secondary N) is 1. The number of esters is 1. The van der Waals surface area contributed by atoms with Gasteiger partial charge in [0.25, 0.3) is 0 Å². The molecular weight excluding hydrogens is 390 g/mol. The first-order valence-corrected chi connectivity index (χ1v) is 11.1. The molecule has 3 rings (SSSR count). The predicted octanol–water partition coefficient (Wildman–Crippen LogP) is 2.87. The number of carbonyl (C=O) groups is 2. The quantitative estimate of drug-likeness (QED) is 0.654. The minimum Gasteiger partial charge on any atom is -0.466 e. The zero-order chi connectivity index (χ0) is 20.6. The van der Waals surface area contributed by atoms with Crippen LogP contribution in [-0.4, -0.2) is 67.6 Å². The lowest BCUT2D eigenvalue weighted by Crippen LogP contribution is -2.44. The van der Waals surface area contributed by atoms with Crippen molar-refractivity contribution >= 4 is 23.5 Å². The fourth-order valence-corrected chi connectivity index (χ4v) is 4.55. The van der Waals surface area contributed by atoms with Gasteiger partial charge in [0.05, 0.1) is 25.1 Å². The molecule has 1 atom stereocenters. The fraction of sp³-hybridized carbons (Fsp3) is 0.636. The normalized spacial score (nSPS) is 19.8. The summed E-state index contributed by atoms with van der Waals surface area (Å²) in [7, 11) is 0. The smallest absolute Gasteiger partial charge is 0.309 e. The van der Waals surface area contributed by atoms with Crippen LogP contribution in [-0.2, 0) is 14.3 Å². The van der Waals surface area contributed by atoms with Crippen molar-refractivity contribution in [2.75, 3.05) is 45.9 Å². The number of carbonyl (C=O) groups excluding carboxylic acids is 2. The van der Waals surface area contributed by atoms with E-state index in [9.17, 15) is 9.59 Å². The Bertz CT molecular complexity index is 686. The number of piperidine rings is 1. The molecule has 1 aromatic rings. The predicted molar refractivity (Wildman–Crippen MR) is 114 cm³/mol. The Morgan fingerprint density at radius 3 is 2.52 bits per heavy atom. The topological polar surface area (TPSA) is 61.9 Å². The Kier molecular flexibility index (Phi) is 8.33. The first-order chi connectivity index (χ1) is 14.1. The highest BCUT2D eigenvalue weighted by Crippen LogP contribution is 2.29. The molecule has 2 fully saturated rings. The number of halogens is 1. The van der Waals surface area contributed by atoms with E-state index in [-0.39, 0.29) is 23.8 Å². The third-order valence-electron chi connectivity index (χ3n) is 5.91. The van der Waals surface area contributed by atoms with E-state index in [2.05, 4.69) is 21.2 Å². The van der Waals surface area contributed by atoms with Gasteiger partial charge in [-0.3, -0.25) is 19.4 Å². The number of nitrogens with zero attached hydrogens (tertiary/aromatic N) is 2. The second-order valence-electron chi connectivity index (χ2n) is 7.89. The maximum absolute atomic E-state index is 12.6. The number of ether oxygens (including phenoxy) is 1. The Hall–Kier alpha value is -1.63. The third kappa shape index (κ3) is 6.17. The molecule has 1 aromatic carbocycles. The number of hydrogen-bond donors (Lipinski definition) is 1. The summed E-state index contributed by atoms with van der Waals surface area (Å²) in [5, 5.41) is 3.86. The summed E-state index contributed by atoms with van der Waals surface area (Å²) in [5.74, 6) is -0.116. The van der Waals surface area contributed by atoms with Crippen LogP contribution in [0, 0.1) is 5.92 Å². The maximum Gasteiger partial charge on any atom is 0.309 e. The van der Waals surface area contributed by atoms with Gasteiger partial charge in [0, 0.05) is 11.6 Å². The van der Waals surface area contributed by atoms with E-state index < -0.39 is 0 Å². The zero-order valence-electron chi connectivity index (χ0n) is 17.2. The van der Waals surface area contributed by atoms with E-state index in [1.807, 2.05) is 25.1 Å². The molecule has 0 aromatic heterocycles. The van der Waals surface area contributed by atoms with Gasteiger partial charge >= 0.3 is 5.97 Å². The largest absolute Gasteiger partial charge is 0.466 e. The van der Waals surface area contributed by atoms with Crippen molar-refractivity contribution in [3.63, 3.8) is 0 Å². The molecule has 0 radical (unpaired) electrons. The van der Waals surface area contributed by atoms with Crippen LogP contribution < -0.4 is 5.32 Å². The number of rotatable bonds is 8. The minimum atomic E-state index is -0.107. The lowest BCUT2D eigenvalue weighted by Gasteiger charge is -2.31. The third-order valence-corrected chi connectivity index (χ3v) is 6.26. The van der Waals surface area contributed by atoms with Crippen LogP contribution in [0.2, 0.25) is 5.02 Å². The molecule has 1 N–H and O–H groups in total. The Labute approximate surface area is 178 Å². The average molecular weight is 422 g/mol. The van der Waals surface area contributed by atoms with Crippen molar-refractivity contribution < 1.29 is 14.3 Å². The van der Waals surface area contributed by atoms with E-state index >= 15 is 0 Å². The molecule has 0 spiro atoms. The molecule has 1 unspecified atom stereocenters. The van der Waals surface area contributed by atoms with E-state index in [0.717, 1.165) is 49.6 Å². The summed E-state index contributed by atoms with van der Waals surface area (Å²) in [6.45, 7) is 6.74. The summed E-state index contributed by atoms with van der Waals surface area (Å²) in [4.78, 5) is 29.0. The molecule has 0 bridgehead atoms. The van der Waals surface area contributed by atoms with Crippen LogP contribution in [0.3, 0.4) is 0 Å². The Balaban J connectivity index is 1.49. The molecule has 2 heterocycles. The SMILES string of the molecule is CCOC(=O)C1CCN(CC(=O)NCC(c2ccccc2Cl)N2CCCC2)CC1. The summed E-state index contributed by atoms with van der Waals surface area (Å²) >= 11 is 6.44. The van der Waals surface area contributed by atoms with Crippen LogP contribution in [0.25, 0.3) is 0 Å². The van der Waals surface area contributed by atoms with E-state index in [0.29, 0.717) is 19.7 Å². The Morgan fingerprint density at radius 1 is 1.17 bits per heavy atom. The molecule has 0 aliphatic carbocycles.